The number of aryl methyl sites for hydroxylation is 3. The van der Waals surface area contributed by atoms with Gasteiger partial charge in [0.2, 0.25) is 0 Å². The van der Waals surface area contributed by atoms with Crippen molar-refractivity contribution in [3.05, 3.63) is 70.5 Å². The summed E-state index contributed by atoms with van der Waals surface area (Å²) in [5.41, 5.74) is 10.7. The Labute approximate surface area is 114 Å². The fourth-order valence-corrected chi connectivity index (χ4v) is 2.40. The molecule has 0 aliphatic carbocycles. The first-order chi connectivity index (χ1) is 9.06. The lowest BCUT2D eigenvalue weighted by Crippen LogP contribution is -2.13. The van der Waals surface area contributed by atoms with E-state index in [0.29, 0.717) is 0 Å². The quantitative estimate of drug-likeness (QED) is 0.877. The Bertz CT molecular complexity index is 563. The summed E-state index contributed by atoms with van der Waals surface area (Å²) in [6.45, 7) is 4.00. The summed E-state index contributed by atoms with van der Waals surface area (Å²) in [5.74, 6) is -0.202. The average molecular weight is 257 g/mol. The second kappa shape index (κ2) is 5.98. The van der Waals surface area contributed by atoms with Gasteiger partial charge < -0.3 is 5.73 Å². The molecule has 0 radical (unpaired) electrons. The summed E-state index contributed by atoms with van der Waals surface area (Å²) < 4.78 is 13.1. The van der Waals surface area contributed by atoms with Crippen LogP contribution in [0, 0.1) is 19.7 Å². The highest BCUT2D eigenvalue weighted by Gasteiger charge is 2.09. The number of rotatable bonds is 4. The Morgan fingerprint density at radius 1 is 1.11 bits per heavy atom. The van der Waals surface area contributed by atoms with E-state index in [4.69, 9.17) is 5.73 Å². The van der Waals surface area contributed by atoms with Crippen LogP contribution in [0.15, 0.2) is 42.5 Å². The Hall–Kier alpha value is -1.67. The van der Waals surface area contributed by atoms with Gasteiger partial charge in [-0.2, -0.15) is 0 Å². The Balaban J connectivity index is 2.03. The van der Waals surface area contributed by atoms with Crippen molar-refractivity contribution in [3.8, 4) is 0 Å². The summed E-state index contributed by atoms with van der Waals surface area (Å²) in [6.07, 6.45) is 1.82. The standard InChI is InChI=1S/C17H20FN/c1-12-4-3-5-14(10-12)6-9-17(19)16-8-7-15(18)11-13(16)2/h3-5,7-8,10-11,17H,6,9,19H2,1-2H3. The molecule has 2 aromatic rings. The number of halogens is 1. The molecule has 1 unspecified atom stereocenters. The molecular weight excluding hydrogens is 237 g/mol. The summed E-state index contributed by atoms with van der Waals surface area (Å²) in [5, 5.41) is 0. The van der Waals surface area contributed by atoms with Gasteiger partial charge in [-0.3, -0.25) is 0 Å². The maximum Gasteiger partial charge on any atom is 0.123 e. The molecule has 2 heteroatoms. The zero-order valence-electron chi connectivity index (χ0n) is 11.5. The minimum Gasteiger partial charge on any atom is -0.324 e. The molecule has 2 rings (SSSR count). The smallest absolute Gasteiger partial charge is 0.123 e. The molecule has 1 nitrogen and oxygen atoms in total. The number of hydrogen-bond acceptors (Lipinski definition) is 1. The van der Waals surface area contributed by atoms with Gasteiger partial charge in [-0.15, -0.1) is 0 Å². The van der Waals surface area contributed by atoms with E-state index < -0.39 is 0 Å². The highest BCUT2D eigenvalue weighted by Crippen LogP contribution is 2.21. The predicted molar refractivity (Wildman–Crippen MR) is 77.6 cm³/mol. The maximum atomic E-state index is 13.1. The number of benzene rings is 2. The zero-order chi connectivity index (χ0) is 13.8. The average Bonchev–Trinajstić information content (AvgIpc) is 2.36. The zero-order valence-corrected chi connectivity index (χ0v) is 11.5. The molecule has 0 aromatic heterocycles. The molecule has 0 spiro atoms. The first-order valence-corrected chi connectivity index (χ1v) is 6.63. The molecule has 0 bridgehead atoms. The lowest BCUT2D eigenvalue weighted by atomic mass is 9.96. The predicted octanol–water partition coefficient (Wildman–Crippen LogP) is 4.08. The van der Waals surface area contributed by atoms with Crippen molar-refractivity contribution in [2.24, 2.45) is 5.73 Å². The molecule has 1 atom stereocenters. The summed E-state index contributed by atoms with van der Waals surface area (Å²) in [6, 6.07) is 13.2. The Morgan fingerprint density at radius 2 is 1.89 bits per heavy atom. The van der Waals surface area contributed by atoms with Crippen molar-refractivity contribution in [3.63, 3.8) is 0 Å². The third-order valence-corrected chi connectivity index (χ3v) is 3.46. The van der Waals surface area contributed by atoms with E-state index in [0.717, 1.165) is 24.0 Å². The molecule has 0 heterocycles. The van der Waals surface area contributed by atoms with Crippen molar-refractivity contribution < 1.29 is 4.39 Å². The van der Waals surface area contributed by atoms with E-state index in [1.165, 1.54) is 17.2 Å². The van der Waals surface area contributed by atoms with E-state index >= 15 is 0 Å². The normalized spacial score (nSPS) is 12.4. The largest absolute Gasteiger partial charge is 0.324 e. The summed E-state index contributed by atoms with van der Waals surface area (Å²) in [7, 11) is 0. The third kappa shape index (κ3) is 3.65. The van der Waals surface area contributed by atoms with E-state index in [1.54, 1.807) is 12.1 Å². The van der Waals surface area contributed by atoms with Crippen LogP contribution in [0.25, 0.3) is 0 Å². The van der Waals surface area contributed by atoms with E-state index in [-0.39, 0.29) is 11.9 Å². The molecule has 2 aromatic carbocycles. The van der Waals surface area contributed by atoms with Crippen LogP contribution in [0.4, 0.5) is 4.39 Å². The monoisotopic (exact) mass is 257 g/mol. The fourth-order valence-electron chi connectivity index (χ4n) is 2.40. The van der Waals surface area contributed by atoms with Crippen molar-refractivity contribution in [1.82, 2.24) is 0 Å². The van der Waals surface area contributed by atoms with Gasteiger partial charge in [0.15, 0.2) is 0 Å². The van der Waals surface area contributed by atoms with Crippen molar-refractivity contribution >= 4 is 0 Å². The molecule has 0 aliphatic rings. The molecule has 19 heavy (non-hydrogen) atoms. The van der Waals surface area contributed by atoms with Crippen LogP contribution < -0.4 is 5.73 Å². The van der Waals surface area contributed by atoms with Gasteiger partial charge >= 0.3 is 0 Å². The highest BCUT2D eigenvalue weighted by atomic mass is 19.1. The van der Waals surface area contributed by atoms with Crippen molar-refractivity contribution in [2.45, 2.75) is 32.7 Å². The Kier molecular flexibility index (Phi) is 4.33. The molecular formula is C17H20FN. The first-order valence-electron chi connectivity index (χ1n) is 6.63. The van der Waals surface area contributed by atoms with Gasteiger partial charge in [-0.1, -0.05) is 35.9 Å². The topological polar surface area (TPSA) is 26.0 Å². The van der Waals surface area contributed by atoms with Gasteiger partial charge in [-0.25, -0.2) is 4.39 Å². The van der Waals surface area contributed by atoms with Crippen LogP contribution in [-0.2, 0) is 6.42 Å². The second-order valence-electron chi connectivity index (χ2n) is 5.14. The van der Waals surface area contributed by atoms with E-state index in [9.17, 15) is 4.39 Å². The molecule has 100 valence electrons. The van der Waals surface area contributed by atoms with Crippen molar-refractivity contribution in [2.75, 3.05) is 0 Å². The van der Waals surface area contributed by atoms with Gasteiger partial charge in [0.1, 0.15) is 5.82 Å². The summed E-state index contributed by atoms with van der Waals surface area (Å²) >= 11 is 0. The van der Waals surface area contributed by atoms with Crippen molar-refractivity contribution in [1.29, 1.82) is 0 Å². The van der Waals surface area contributed by atoms with E-state index in [2.05, 4.69) is 31.2 Å². The second-order valence-corrected chi connectivity index (χ2v) is 5.14. The minimum absolute atomic E-state index is 0.0406. The minimum atomic E-state index is -0.202. The Morgan fingerprint density at radius 3 is 2.58 bits per heavy atom. The van der Waals surface area contributed by atoms with Crippen LogP contribution in [0.2, 0.25) is 0 Å². The molecule has 0 amide bonds. The molecule has 0 saturated carbocycles. The van der Waals surface area contributed by atoms with Crippen LogP contribution in [0.5, 0.6) is 0 Å². The van der Waals surface area contributed by atoms with Gasteiger partial charge in [-0.05, 0) is 55.5 Å². The highest BCUT2D eigenvalue weighted by molar-refractivity contribution is 5.30. The van der Waals surface area contributed by atoms with Crippen LogP contribution in [-0.4, -0.2) is 0 Å². The van der Waals surface area contributed by atoms with Crippen LogP contribution in [0.3, 0.4) is 0 Å². The van der Waals surface area contributed by atoms with E-state index in [1.807, 2.05) is 6.92 Å². The molecule has 0 saturated heterocycles. The maximum absolute atomic E-state index is 13.1. The van der Waals surface area contributed by atoms with Gasteiger partial charge in [0.05, 0.1) is 0 Å². The number of nitrogens with two attached hydrogens (primary N) is 1. The lowest BCUT2D eigenvalue weighted by Gasteiger charge is -2.15. The number of hydrogen-bond donors (Lipinski definition) is 1. The first kappa shape index (κ1) is 13.8. The van der Waals surface area contributed by atoms with Crippen LogP contribution >= 0.6 is 0 Å². The fraction of sp³-hybridized carbons (Fsp3) is 0.294. The molecule has 2 N–H and O–H groups in total. The van der Waals surface area contributed by atoms with Gasteiger partial charge in [0.25, 0.3) is 0 Å². The van der Waals surface area contributed by atoms with Gasteiger partial charge in [0, 0.05) is 6.04 Å². The molecule has 0 aliphatic heterocycles. The SMILES string of the molecule is Cc1cccc(CCC(N)c2ccc(F)cc2C)c1. The summed E-state index contributed by atoms with van der Waals surface area (Å²) in [4.78, 5) is 0. The third-order valence-electron chi connectivity index (χ3n) is 3.46. The molecule has 0 fully saturated rings. The lowest BCUT2D eigenvalue weighted by molar-refractivity contribution is 0.616. The van der Waals surface area contributed by atoms with Crippen LogP contribution in [0.1, 0.15) is 34.7 Å².